The minimum Gasteiger partial charge on any atom is -0.497 e. The number of methoxy groups -OCH3 is 1. The van der Waals surface area contributed by atoms with Crippen LogP contribution in [0.2, 0.25) is 0 Å². The van der Waals surface area contributed by atoms with Gasteiger partial charge in [-0.3, -0.25) is 19.0 Å². The maximum atomic E-state index is 13.8. The molecule has 1 N–H and O–H groups in total. The molecule has 7 nitrogen and oxygen atoms in total. The second-order valence-electron chi connectivity index (χ2n) is 9.15. The third-order valence-electron chi connectivity index (χ3n) is 6.39. The summed E-state index contributed by atoms with van der Waals surface area (Å²) in [4.78, 5) is 44.5. The molecule has 0 saturated carbocycles. The zero-order valence-electron chi connectivity index (χ0n) is 22.2. The van der Waals surface area contributed by atoms with E-state index in [1.807, 2.05) is 45.9 Å². The lowest BCUT2D eigenvalue weighted by Gasteiger charge is -2.17. The van der Waals surface area contributed by atoms with Crippen molar-refractivity contribution >= 4 is 34.4 Å². The van der Waals surface area contributed by atoms with Crippen molar-refractivity contribution in [3.8, 4) is 11.4 Å². The smallest absolute Gasteiger partial charge is 0.266 e. The number of ketones is 1. The van der Waals surface area contributed by atoms with Gasteiger partial charge in [0, 0.05) is 23.7 Å². The van der Waals surface area contributed by atoms with Gasteiger partial charge in [-0.05, 0) is 74.7 Å². The number of nitrogens with zero attached hydrogens (tertiary/aromatic N) is 2. The molecule has 0 radical (unpaired) electrons. The van der Waals surface area contributed by atoms with Gasteiger partial charge in [-0.2, -0.15) is 0 Å². The minimum absolute atomic E-state index is 0.0580. The van der Waals surface area contributed by atoms with Crippen LogP contribution in [0.3, 0.4) is 0 Å². The van der Waals surface area contributed by atoms with E-state index >= 15 is 0 Å². The van der Waals surface area contributed by atoms with Gasteiger partial charge in [0.25, 0.3) is 11.5 Å². The van der Waals surface area contributed by atoms with E-state index < -0.39 is 5.25 Å². The molecule has 1 amide bonds. The summed E-state index contributed by atoms with van der Waals surface area (Å²) in [6.07, 6.45) is 0.816. The molecule has 0 bridgehead atoms. The van der Waals surface area contributed by atoms with E-state index in [1.165, 1.54) is 16.3 Å². The molecule has 1 heterocycles. The number of rotatable bonds is 9. The SMILES string of the molecule is CCCNC(=O)c1ccc2c(=O)n(-c3cccc(OC)c3)c(S[C@@H](C)C(=O)c3ccc(C)c(C)c3)nc2c1. The quantitative estimate of drug-likeness (QED) is 0.175. The van der Waals surface area contributed by atoms with Crippen molar-refractivity contribution in [1.82, 2.24) is 14.9 Å². The van der Waals surface area contributed by atoms with E-state index in [9.17, 15) is 14.4 Å². The molecule has 4 aromatic rings. The number of carbonyl (C=O) groups is 2. The van der Waals surface area contributed by atoms with Crippen LogP contribution in [-0.2, 0) is 0 Å². The Morgan fingerprint density at radius 1 is 1.03 bits per heavy atom. The fourth-order valence-corrected chi connectivity index (χ4v) is 5.05. The van der Waals surface area contributed by atoms with E-state index in [1.54, 1.807) is 49.6 Å². The fourth-order valence-electron chi connectivity index (χ4n) is 4.04. The van der Waals surface area contributed by atoms with Gasteiger partial charge < -0.3 is 10.1 Å². The van der Waals surface area contributed by atoms with Gasteiger partial charge in [0.15, 0.2) is 10.9 Å². The molecule has 0 aliphatic carbocycles. The molecule has 196 valence electrons. The predicted molar refractivity (Wildman–Crippen MR) is 152 cm³/mol. The van der Waals surface area contributed by atoms with Crippen LogP contribution in [0.4, 0.5) is 0 Å². The average molecular weight is 530 g/mol. The van der Waals surface area contributed by atoms with Gasteiger partial charge in [0.05, 0.1) is 29.0 Å². The minimum atomic E-state index is -0.519. The highest BCUT2D eigenvalue weighted by molar-refractivity contribution is 8.00. The highest BCUT2D eigenvalue weighted by Crippen LogP contribution is 2.29. The summed E-state index contributed by atoms with van der Waals surface area (Å²) in [7, 11) is 1.56. The highest BCUT2D eigenvalue weighted by Gasteiger charge is 2.22. The van der Waals surface area contributed by atoms with Crippen molar-refractivity contribution in [3.05, 3.63) is 93.3 Å². The number of carbonyl (C=O) groups excluding carboxylic acids is 2. The van der Waals surface area contributed by atoms with Crippen LogP contribution in [0.1, 0.15) is 52.1 Å². The number of benzene rings is 3. The summed E-state index contributed by atoms with van der Waals surface area (Å²) in [5, 5.41) is 3.06. The molecular weight excluding hydrogens is 498 g/mol. The molecule has 4 rings (SSSR count). The van der Waals surface area contributed by atoms with Gasteiger partial charge in [-0.25, -0.2) is 4.98 Å². The largest absolute Gasteiger partial charge is 0.497 e. The van der Waals surface area contributed by atoms with Crippen LogP contribution in [0.25, 0.3) is 16.6 Å². The van der Waals surface area contributed by atoms with E-state index in [4.69, 9.17) is 9.72 Å². The maximum Gasteiger partial charge on any atom is 0.266 e. The van der Waals surface area contributed by atoms with Crippen molar-refractivity contribution < 1.29 is 14.3 Å². The van der Waals surface area contributed by atoms with Gasteiger partial charge in [-0.1, -0.05) is 36.9 Å². The molecule has 0 saturated heterocycles. The third kappa shape index (κ3) is 5.65. The van der Waals surface area contributed by atoms with Crippen LogP contribution in [0, 0.1) is 13.8 Å². The molecule has 0 spiro atoms. The van der Waals surface area contributed by atoms with Crippen molar-refractivity contribution in [2.75, 3.05) is 13.7 Å². The van der Waals surface area contributed by atoms with Crippen LogP contribution >= 0.6 is 11.8 Å². The van der Waals surface area contributed by atoms with Crippen molar-refractivity contribution in [3.63, 3.8) is 0 Å². The van der Waals surface area contributed by atoms with E-state index in [2.05, 4.69) is 5.32 Å². The van der Waals surface area contributed by atoms with E-state index in [0.29, 0.717) is 45.2 Å². The zero-order valence-corrected chi connectivity index (χ0v) is 23.0. The maximum absolute atomic E-state index is 13.8. The third-order valence-corrected chi connectivity index (χ3v) is 7.44. The number of aromatic nitrogens is 2. The predicted octanol–water partition coefficient (Wildman–Crippen LogP) is 5.51. The molecule has 0 aliphatic heterocycles. The molecular formula is C30H31N3O4S. The van der Waals surface area contributed by atoms with Crippen LogP contribution in [0.5, 0.6) is 5.75 Å². The number of nitrogens with one attached hydrogen (secondary N) is 1. The van der Waals surface area contributed by atoms with Crippen LogP contribution < -0.4 is 15.6 Å². The Morgan fingerprint density at radius 2 is 1.79 bits per heavy atom. The first-order chi connectivity index (χ1) is 18.2. The standard InChI is InChI=1S/C30H31N3O4S/c1-6-14-31-28(35)22-12-13-25-26(16-22)32-30(33(29(25)36)23-8-7-9-24(17-23)37-5)38-20(4)27(34)21-11-10-18(2)19(3)15-21/h7-13,15-17,20H,6,14H2,1-5H3,(H,31,35)/t20-/m0/s1. The number of amides is 1. The highest BCUT2D eigenvalue weighted by atomic mass is 32.2. The van der Waals surface area contributed by atoms with E-state index in [0.717, 1.165) is 17.5 Å². The summed E-state index contributed by atoms with van der Waals surface area (Å²) in [6, 6.07) is 17.7. The first-order valence-electron chi connectivity index (χ1n) is 12.5. The number of thioether (sulfide) groups is 1. The topological polar surface area (TPSA) is 90.3 Å². The summed E-state index contributed by atoms with van der Waals surface area (Å²) in [5.41, 5.74) is 3.86. The van der Waals surface area contributed by atoms with Crippen LogP contribution in [-0.4, -0.2) is 40.1 Å². The van der Waals surface area contributed by atoms with Crippen molar-refractivity contribution in [1.29, 1.82) is 0 Å². The van der Waals surface area contributed by atoms with Crippen molar-refractivity contribution in [2.24, 2.45) is 0 Å². The Balaban J connectivity index is 1.83. The molecule has 1 aromatic heterocycles. The van der Waals surface area contributed by atoms with Crippen LogP contribution in [0.15, 0.2) is 70.6 Å². The second-order valence-corrected chi connectivity index (χ2v) is 10.5. The van der Waals surface area contributed by atoms with Gasteiger partial charge in [-0.15, -0.1) is 0 Å². The lowest BCUT2D eigenvalue weighted by Crippen LogP contribution is -2.25. The molecule has 0 fully saturated rings. The summed E-state index contributed by atoms with van der Waals surface area (Å²) < 4.78 is 6.87. The molecule has 0 unspecified atom stereocenters. The number of hydrogen-bond acceptors (Lipinski definition) is 6. The molecule has 38 heavy (non-hydrogen) atoms. The lowest BCUT2D eigenvalue weighted by molar-refractivity contribution is 0.0952. The summed E-state index contributed by atoms with van der Waals surface area (Å²) >= 11 is 1.21. The second kappa shape index (κ2) is 11.6. The monoisotopic (exact) mass is 529 g/mol. The first kappa shape index (κ1) is 27.1. The number of hydrogen-bond donors (Lipinski definition) is 1. The number of fused-ring (bicyclic) bond motifs is 1. The molecule has 0 aliphatic rings. The Kier molecular flexibility index (Phi) is 8.32. The Labute approximate surface area is 226 Å². The summed E-state index contributed by atoms with van der Waals surface area (Å²) in [5.74, 6) is 0.310. The van der Waals surface area contributed by atoms with Gasteiger partial charge in [0.1, 0.15) is 5.75 Å². The summed E-state index contributed by atoms with van der Waals surface area (Å²) in [6.45, 7) is 8.32. The Bertz CT molecular complexity index is 1580. The van der Waals surface area contributed by atoms with Gasteiger partial charge in [0.2, 0.25) is 0 Å². The Hall–Kier alpha value is -3.91. The van der Waals surface area contributed by atoms with Crippen molar-refractivity contribution in [2.45, 2.75) is 44.5 Å². The van der Waals surface area contributed by atoms with E-state index in [-0.39, 0.29) is 17.2 Å². The molecule has 1 atom stereocenters. The molecule has 3 aromatic carbocycles. The normalized spacial score (nSPS) is 11.8. The number of aryl methyl sites for hydroxylation is 2. The number of Topliss-reactive ketones (excluding diaryl/α,β-unsaturated/α-hetero) is 1. The van der Waals surface area contributed by atoms with Gasteiger partial charge >= 0.3 is 0 Å². The average Bonchev–Trinajstić information content (AvgIpc) is 2.92. The first-order valence-corrected chi connectivity index (χ1v) is 13.4. The molecule has 8 heteroatoms. The lowest BCUT2D eigenvalue weighted by atomic mass is 10.0. The zero-order chi connectivity index (χ0) is 27.4. The Morgan fingerprint density at radius 3 is 2.50 bits per heavy atom. The fraction of sp³-hybridized carbons (Fsp3) is 0.267. The number of ether oxygens (including phenoxy) is 1.